The number of halogens is 3. The van der Waals surface area contributed by atoms with Crippen LogP contribution in [0.1, 0.15) is 45.6 Å². The van der Waals surface area contributed by atoms with Crippen molar-refractivity contribution in [2.75, 3.05) is 6.50 Å². The maximum atomic E-state index is 13.0. The third-order valence-electron chi connectivity index (χ3n) is 3.99. The molecule has 3 aromatic carbocycles. The molecule has 1 nitrogen and oxygen atoms in total. The van der Waals surface area contributed by atoms with E-state index in [1.165, 1.54) is 12.1 Å². The van der Waals surface area contributed by atoms with E-state index in [-0.39, 0.29) is 11.1 Å². The van der Waals surface area contributed by atoms with E-state index in [9.17, 15) is 13.2 Å². The molecule has 0 radical (unpaired) electrons. The van der Waals surface area contributed by atoms with E-state index in [0.29, 0.717) is 5.39 Å². The number of hydrogen-bond donors (Lipinski definition) is 1. The van der Waals surface area contributed by atoms with Crippen molar-refractivity contribution in [3.63, 3.8) is 0 Å². The fraction of sp³-hybridized carbons (Fsp3) is 0.273. The van der Waals surface area contributed by atoms with E-state index in [0.717, 1.165) is 23.6 Å². The Morgan fingerprint density at radius 2 is 1.81 bits per heavy atom. The Labute approximate surface area is 161 Å². The highest BCUT2D eigenvalue weighted by Crippen LogP contribution is 2.29. The summed E-state index contributed by atoms with van der Waals surface area (Å²) < 4.78 is 96.1. The molecule has 0 aromatic heterocycles. The highest BCUT2D eigenvalue weighted by atomic mass is 19.4. The molecule has 4 heteroatoms. The van der Waals surface area contributed by atoms with Gasteiger partial charge < -0.3 is 5.32 Å². The van der Waals surface area contributed by atoms with Gasteiger partial charge in [0.05, 0.1) is 5.56 Å². The summed E-state index contributed by atoms with van der Waals surface area (Å²) in [6, 6.07) is 14.3. The first-order valence-corrected chi connectivity index (χ1v) is 8.03. The minimum absolute atomic E-state index is 0.0592. The van der Waals surface area contributed by atoms with E-state index in [1.54, 1.807) is 36.4 Å². The molecule has 1 atom stereocenters. The summed E-state index contributed by atoms with van der Waals surface area (Å²) in [7, 11) is 0. The molecule has 0 unspecified atom stereocenters. The van der Waals surface area contributed by atoms with Crippen LogP contribution in [0.25, 0.3) is 10.8 Å². The number of benzene rings is 3. The maximum absolute atomic E-state index is 13.0. The number of nitrogens with one attached hydrogen (secondary N) is 1. The van der Waals surface area contributed by atoms with Crippen molar-refractivity contribution in [1.29, 1.82) is 0 Å². The van der Waals surface area contributed by atoms with Crippen LogP contribution in [0.15, 0.2) is 66.7 Å². The van der Waals surface area contributed by atoms with Gasteiger partial charge in [-0.2, -0.15) is 13.2 Å². The Bertz CT molecular complexity index is 1120. The van der Waals surface area contributed by atoms with E-state index >= 15 is 0 Å². The molecular formula is C22H22F3N. The van der Waals surface area contributed by atoms with Crippen LogP contribution in [-0.2, 0) is 12.6 Å². The lowest BCUT2D eigenvalue weighted by Gasteiger charge is -2.17. The number of hydrogen-bond acceptors (Lipinski definition) is 1. The molecule has 0 bridgehead atoms. The van der Waals surface area contributed by atoms with Crippen molar-refractivity contribution in [2.45, 2.75) is 31.9 Å². The van der Waals surface area contributed by atoms with Gasteiger partial charge in [-0.15, -0.1) is 0 Å². The standard InChI is InChI=1S/C22H22F3N/c1-16(20-13-5-10-18-9-2-3-12-21(18)20)26-14-6-8-17-7-4-11-19(15-17)22(23,24)25/h2-5,7,9-13,15-16,26H,6,8,14H2,1H3/t16-/m1/s1/i1D3,6D2,14D2. The van der Waals surface area contributed by atoms with Crippen molar-refractivity contribution in [2.24, 2.45) is 0 Å². The van der Waals surface area contributed by atoms with Crippen LogP contribution in [0.4, 0.5) is 13.2 Å². The first-order valence-electron chi connectivity index (χ1n) is 11.5. The predicted molar refractivity (Wildman–Crippen MR) is 100 cm³/mol. The average Bonchev–Trinajstić information content (AvgIpc) is 2.70. The molecule has 3 aromatic rings. The first kappa shape index (κ1) is 11.4. The zero-order valence-electron chi connectivity index (χ0n) is 20.8. The highest BCUT2D eigenvalue weighted by Gasteiger charge is 2.30. The number of alkyl halides is 3. The lowest BCUT2D eigenvalue weighted by atomic mass is 9.99. The normalized spacial score (nSPS) is 18.7. The quantitative estimate of drug-likeness (QED) is 0.554. The summed E-state index contributed by atoms with van der Waals surface area (Å²) in [5, 5.41) is 3.63. The minimum Gasteiger partial charge on any atom is -0.310 e. The first-order chi connectivity index (χ1) is 15.1. The SMILES string of the molecule is [2H]C([2H])([2H])[C@@H](NC([2H])([2H])C([2H])([2H])Cc1cccc(C(F)(F)F)c1)c1cccc2ccccc12. The van der Waals surface area contributed by atoms with E-state index in [2.05, 4.69) is 5.32 Å². The molecule has 26 heavy (non-hydrogen) atoms. The summed E-state index contributed by atoms with van der Waals surface area (Å²) in [6.45, 7) is -5.62. The summed E-state index contributed by atoms with van der Waals surface area (Å²) in [6.07, 6.45) is -8.05. The molecule has 0 fully saturated rings. The smallest absolute Gasteiger partial charge is 0.310 e. The molecule has 0 saturated carbocycles. The molecule has 0 saturated heterocycles. The second-order valence-electron chi connectivity index (χ2n) is 5.82. The van der Waals surface area contributed by atoms with Crippen LogP contribution in [-0.4, -0.2) is 6.50 Å². The van der Waals surface area contributed by atoms with Crippen LogP contribution in [0.2, 0.25) is 0 Å². The average molecular weight is 364 g/mol. The number of rotatable bonds is 6. The van der Waals surface area contributed by atoms with Crippen molar-refractivity contribution in [3.8, 4) is 0 Å². The fourth-order valence-electron chi connectivity index (χ4n) is 2.71. The molecule has 1 N–H and O–H groups in total. The van der Waals surface area contributed by atoms with Gasteiger partial charge in [0.2, 0.25) is 0 Å². The van der Waals surface area contributed by atoms with Gasteiger partial charge in [0.15, 0.2) is 0 Å². The topological polar surface area (TPSA) is 12.0 Å². The lowest BCUT2D eigenvalue weighted by Crippen LogP contribution is -2.20. The predicted octanol–water partition coefficient (Wildman–Crippen LogP) is 6.14. The fourth-order valence-corrected chi connectivity index (χ4v) is 2.71. The third kappa shape index (κ3) is 4.44. The largest absolute Gasteiger partial charge is 0.416 e. The van der Waals surface area contributed by atoms with Crippen LogP contribution in [0, 0.1) is 0 Å². The Morgan fingerprint density at radius 1 is 1.04 bits per heavy atom. The molecule has 0 amide bonds. The third-order valence-corrected chi connectivity index (χ3v) is 3.99. The molecule has 3 rings (SSSR count). The van der Waals surface area contributed by atoms with Crippen molar-refractivity contribution in [1.82, 2.24) is 5.32 Å². The number of fused-ring (bicyclic) bond motifs is 1. The Balaban J connectivity index is 1.96. The van der Waals surface area contributed by atoms with Crippen molar-refractivity contribution >= 4 is 10.8 Å². The summed E-state index contributed by atoms with van der Waals surface area (Å²) >= 11 is 0. The van der Waals surface area contributed by atoms with Gasteiger partial charge in [-0.1, -0.05) is 60.7 Å². The molecule has 0 aliphatic carbocycles. The zero-order valence-corrected chi connectivity index (χ0v) is 13.8. The lowest BCUT2D eigenvalue weighted by molar-refractivity contribution is -0.137. The molecule has 0 aliphatic heterocycles. The Morgan fingerprint density at radius 3 is 2.62 bits per heavy atom. The van der Waals surface area contributed by atoms with Crippen molar-refractivity contribution in [3.05, 3.63) is 83.4 Å². The molecule has 136 valence electrons. The molecule has 0 heterocycles. The van der Waals surface area contributed by atoms with Gasteiger partial charge in [0, 0.05) is 15.6 Å². The second-order valence-corrected chi connectivity index (χ2v) is 5.82. The van der Waals surface area contributed by atoms with Gasteiger partial charge in [-0.25, -0.2) is 0 Å². The van der Waals surface area contributed by atoms with E-state index < -0.39 is 43.9 Å². The summed E-state index contributed by atoms with van der Waals surface area (Å²) in [5.41, 5.74) is -0.761. The van der Waals surface area contributed by atoms with Crippen LogP contribution < -0.4 is 5.32 Å². The van der Waals surface area contributed by atoms with Gasteiger partial charge in [-0.3, -0.25) is 0 Å². The molecule has 0 spiro atoms. The Kier molecular flexibility index (Phi) is 3.47. The van der Waals surface area contributed by atoms with Gasteiger partial charge in [0.25, 0.3) is 0 Å². The van der Waals surface area contributed by atoms with Crippen LogP contribution in [0.5, 0.6) is 0 Å². The van der Waals surface area contributed by atoms with Gasteiger partial charge in [-0.05, 0) is 54.1 Å². The molecular weight excluding hydrogens is 335 g/mol. The van der Waals surface area contributed by atoms with E-state index in [4.69, 9.17) is 9.60 Å². The van der Waals surface area contributed by atoms with Gasteiger partial charge >= 0.3 is 6.18 Å². The Hall–Kier alpha value is -2.33. The monoisotopic (exact) mass is 364 g/mol. The highest BCUT2D eigenvalue weighted by molar-refractivity contribution is 5.86. The second kappa shape index (κ2) is 7.92. The van der Waals surface area contributed by atoms with Crippen molar-refractivity contribution < 1.29 is 22.8 Å². The summed E-state index contributed by atoms with van der Waals surface area (Å²) in [5.74, 6) is 0. The van der Waals surface area contributed by atoms with E-state index in [1.807, 2.05) is 0 Å². The zero-order chi connectivity index (χ0) is 24.7. The van der Waals surface area contributed by atoms with Gasteiger partial charge in [0.1, 0.15) is 0 Å². The minimum atomic E-state index is -4.62. The summed E-state index contributed by atoms with van der Waals surface area (Å²) in [4.78, 5) is 0. The molecule has 0 aliphatic rings. The maximum Gasteiger partial charge on any atom is 0.416 e. The van der Waals surface area contributed by atoms with Crippen LogP contribution in [0.3, 0.4) is 0 Å². The van der Waals surface area contributed by atoms with Crippen LogP contribution >= 0.6 is 0 Å². The number of aryl methyl sites for hydroxylation is 1.